The van der Waals surface area contributed by atoms with Gasteiger partial charge < -0.3 is 15.0 Å². The van der Waals surface area contributed by atoms with Crippen molar-refractivity contribution in [3.05, 3.63) is 30.3 Å². The molecule has 0 bridgehead atoms. The highest BCUT2D eigenvalue weighted by Crippen LogP contribution is 2.12. The second-order valence-electron chi connectivity index (χ2n) is 5.15. The number of carbonyl (C=O) groups excluding carboxylic acids is 2. The van der Waals surface area contributed by atoms with E-state index in [-0.39, 0.29) is 24.4 Å². The fourth-order valence-electron chi connectivity index (χ4n) is 1.90. The van der Waals surface area contributed by atoms with Crippen LogP contribution in [0.2, 0.25) is 0 Å². The van der Waals surface area contributed by atoms with Gasteiger partial charge >= 0.3 is 0 Å². The van der Waals surface area contributed by atoms with E-state index in [4.69, 9.17) is 4.74 Å². The number of benzene rings is 1. The van der Waals surface area contributed by atoms with Gasteiger partial charge in [0.25, 0.3) is 5.91 Å². The molecule has 1 unspecified atom stereocenters. The quantitative estimate of drug-likeness (QED) is 0.834. The van der Waals surface area contributed by atoms with E-state index in [1.54, 1.807) is 19.1 Å². The van der Waals surface area contributed by atoms with Gasteiger partial charge in [0.2, 0.25) is 5.91 Å². The second kappa shape index (κ2) is 8.29. The van der Waals surface area contributed by atoms with Gasteiger partial charge in [-0.2, -0.15) is 0 Å². The maximum atomic E-state index is 12.3. The Morgan fingerprint density at radius 2 is 1.81 bits per heavy atom. The number of amides is 2. The van der Waals surface area contributed by atoms with Crippen LogP contribution in [0.1, 0.15) is 27.7 Å². The van der Waals surface area contributed by atoms with Crippen molar-refractivity contribution in [1.82, 2.24) is 10.2 Å². The zero-order valence-electron chi connectivity index (χ0n) is 13.1. The first kappa shape index (κ1) is 17.0. The Bertz CT molecular complexity index is 460. The molecular formula is C16H24N2O3. The third kappa shape index (κ3) is 5.85. The number of carbonyl (C=O) groups is 2. The van der Waals surface area contributed by atoms with Gasteiger partial charge in [0.15, 0.2) is 6.10 Å². The number of ether oxygens (including phenoxy) is 1. The number of hydrogen-bond acceptors (Lipinski definition) is 3. The summed E-state index contributed by atoms with van der Waals surface area (Å²) in [5, 5.41) is 2.78. The zero-order valence-corrected chi connectivity index (χ0v) is 13.1. The van der Waals surface area contributed by atoms with Gasteiger partial charge in [-0.25, -0.2) is 0 Å². The fraction of sp³-hybridized carbons (Fsp3) is 0.500. The summed E-state index contributed by atoms with van der Waals surface area (Å²) in [5.41, 5.74) is 0. The molecule has 2 amide bonds. The number of para-hydroxylation sites is 1. The maximum Gasteiger partial charge on any atom is 0.263 e. The molecule has 1 aromatic carbocycles. The molecule has 1 N–H and O–H groups in total. The van der Waals surface area contributed by atoms with Crippen molar-refractivity contribution in [2.75, 3.05) is 13.1 Å². The standard InChI is InChI=1S/C16H24N2O3/c1-5-18(11-15(19)17-12(2)3)16(20)13(4)21-14-9-7-6-8-10-14/h6-10,12-13H,5,11H2,1-4H3,(H,17,19). The highest BCUT2D eigenvalue weighted by Gasteiger charge is 2.23. The number of likely N-dealkylation sites (N-methyl/N-ethyl adjacent to an activating group) is 1. The molecule has 5 heteroatoms. The Hall–Kier alpha value is -2.04. The van der Waals surface area contributed by atoms with Crippen molar-refractivity contribution in [3.63, 3.8) is 0 Å². The van der Waals surface area contributed by atoms with Crippen molar-refractivity contribution in [3.8, 4) is 5.75 Å². The van der Waals surface area contributed by atoms with E-state index in [1.165, 1.54) is 4.90 Å². The summed E-state index contributed by atoms with van der Waals surface area (Å²) in [4.78, 5) is 25.6. The number of rotatable bonds is 7. The summed E-state index contributed by atoms with van der Waals surface area (Å²) in [6.07, 6.45) is -0.626. The molecule has 0 saturated heterocycles. The lowest BCUT2D eigenvalue weighted by molar-refractivity contribution is -0.141. The van der Waals surface area contributed by atoms with Crippen LogP contribution in [0.25, 0.3) is 0 Å². The Kier molecular flexibility index (Phi) is 6.72. The molecule has 0 aliphatic carbocycles. The van der Waals surface area contributed by atoms with Gasteiger partial charge in [0.05, 0.1) is 6.54 Å². The fourth-order valence-corrected chi connectivity index (χ4v) is 1.90. The molecule has 116 valence electrons. The minimum absolute atomic E-state index is 0.0516. The summed E-state index contributed by atoms with van der Waals surface area (Å²) in [7, 11) is 0. The first-order valence-electron chi connectivity index (χ1n) is 7.23. The largest absolute Gasteiger partial charge is 0.481 e. The molecule has 0 saturated carbocycles. The molecular weight excluding hydrogens is 268 g/mol. The molecule has 0 aliphatic heterocycles. The SMILES string of the molecule is CCN(CC(=O)NC(C)C)C(=O)C(C)Oc1ccccc1. The van der Waals surface area contributed by atoms with Crippen LogP contribution < -0.4 is 10.1 Å². The predicted octanol–water partition coefficient (Wildman–Crippen LogP) is 1.83. The van der Waals surface area contributed by atoms with Gasteiger partial charge in [-0.3, -0.25) is 9.59 Å². The second-order valence-corrected chi connectivity index (χ2v) is 5.15. The lowest BCUT2D eigenvalue weighted by Gasteiger charge is -2.24. The highest BCUT2D eigenvalue weighted by molar-refractivity contribution is 5.87. The molecule has 1 atom stereocenters. The average Bonchev–Trinajstić information content (AvgIpc) is 2.44. The molecule has 21 heavy (non-hydrogen) atoms. The van der Waals surface area contributed by atoms with Gasteiger partial charge in [-0.05, 0) is 39.8 Å². The molecule has 1 aromatic rings. The van der Waals surface area contributed by atoms with Gasteiger partial charge in [0.1, 0.15) is 5.75 Å². The number of nitrogens with zero attached hydrogens (tertiary/aromatic N) is 1. The van der Waals surface area contributed by atoms with E-state index in [9.17, 15) is 9.59 Å². The summed E-state index contributed by atoms with van der Waals surface area (Å²) >= 11 is 0. The topological polar surface area (TPSA) is 58.6 Å². The van der Waals surface area contributed by atoms with Crippen molar-refractivity contribution < 1.29 is 14.3 Å². The van der Waals surface area contributed by atoms with Crippen LogP contribution in [-0.4, -0.2) is 41.9 Å². The summed E-state index contributed by atoms with van der Waals surface area (Å²) in [6.45, 7) is 7.82. The lowest BCUT2D eigenvalue weighted by atomic mass is 10.3. The normalized spacial score (nSPS) is 11.9. The van der Waals surface area contributed by atoms with Crippen LogP contribution in [0.5, 0.6) is 5.75 Å². The van der Waals surface area contributed by atoms with Gasteiger partial charge in [-0.15, -0.1) is 0 Å². The van der Waals surface area contributed by atoms with Gasteiger partial charge in [-0.1, -0.05) is 18.2 Å². The highest BCUT2D eigenvalue weighted by atomic mass is 16.5. The Morgan fingerprint density at radius 1 is 1.19 bits per heavy atom. The zero-order chi connectivity index (χ0) is 15.8. The average molecular weight is 292 g/mol. The maximum absolute atomic E-state index is 12.3. The molecule has 0 aliphatic rings. The van der Waals surface area contributed by atoms with E-state index >= 15 is 0 Å². The summed E-state index contributed by atoms with van der Waals surface area (Å²) in [5.74, 6) is 0.286. The first-order valence-corrected chi connectivity index (χ1v) is 7.23. The van der Waals surface area contributed by atoms with Gasteiger partial charge in [0, 0.05) is 12.6 Å². The van der Waals surface area contributed by atoms with Crippen LogP contribution in [0.3, 0.4) is 0 Å². The van der Waals surface area contributed by atoms with Crippen LogP contribution in [0, 0.1) is 0 Å². The van der Waals surface area contributed by atoms with E-state index < -0.39 is 6.10 Å². The van der Waals surface area contributed by atoms with Crippen LogP contribution in [0.4, 0.5) is 0 Å². The monoisotopic (exact) mass is 292 g/mol. The van der Waals surface area contributed by atoms with Crippen LogP contribution in [-0.2, 0) is 9.59 Å². The molecule has 1 rings (SSSR count). The van der Waals surface area contributed by atoms with Crippen molar-refractivity contribution >= 4 is 11.8 Å². The third-order valence-corrected chi connectivity index (χ3v) is 2.88. The Labute approximate surface area is 126 Å². The first-order chi connectivity index (χ1) is 9.93. The Balaban J connectivity index is 2.59. The van der Waals surface area contributed by atoms with Crippen molar-refractivity contribution in [1.29, 1.82) is 0 Å². The number of hydrogen-bond donors (Lipinski definition) is 1. The van der Waals surface area contributed by atoms with Crippen molar-refractivity contribution in [2.24, 2.45) is 0 Å². The summed E-state index contributed by atoms with van der Waals surface area (Å²) < 4.78 is 5.60. The van der Waals surface area contributed by atoms with E-state index in [1.807, 2.05) is 39.0 Å². The molecule has 0 spiro atoms. The van der Waals surface area contributed by atoms with E-state index in [2.05, 4.69) is 5.32 Å². The van der Waals surface area contributed by atoms with Crippen LogP contribution in [0.15, 0.2) is 30.3 Å². The van der Waals surface area contributed by atoms with E-state index in [0.29, 0.717) is 12.3 Å². The minimum Gasteiger partial charge on any atom is -0.481 e. The minimum atomic E-state index is -0.626. The van der Waals surface area contributed by atoms with E-state index in [0.717, 1.165) is 0 Å². The van der Waals surface area contributed by atoms with Crippen LogP contribution >= 0.6 is 0 Å². The number of nitrogens with one attached hydrogen (secondary N) is 1. The molecule has 5 nitrogen and oxygen atoms in total. The van der Waals surface area contributed by atoms with Crippen molar-refractivity contribution in [2.45, 2.75) is 39.8 Å². The lowest BCUT2D eigenvalue weighted by Crippen LogP contribution is -2.46. The molecule has 0 aromatic heterocycles. The molecule has 0 fully saturated rings. The molecule has 0 heterocycles. The molecule has 0 radical (unpaired) electrons. The smallest absolute Gasteiger partial charge is 0.263 e. The summed E-state index contributed by atoms with van der Waals surface area (Å²) in [6, 6.07) is 9.23. The Morgan fingerprint density at radius 3 is 2.33 bits per heavy atom. The third-order valence-electron chi connectivity index (χ3n) is 2.88. The predicted molar refractivity (Wildman–Crippen MR) is 82.1 cm³/mol.